The van der Waals surface area contributed by atoms with Crippen LogP contribution in [0.2, 0.25) is 36.3 Å². The predicted octanol–water partition coefficient (Wildman–Crippen LogP) is 5.30. The monoisotopic (exact) mass is 270 g/mol. The van der Waals surface area contributed by atoms with Gasteiger partial charge in [-0.3, -0.25) is 0 Å². The van der Waals surface area contributed by atoms with Crippen molar-refractivity contribution >= 4 is 16.6 Å². The zero-order valence-corrected chi connectivity index (χ0v) is 14.3. The SMILES string of the molecule is CC1(C)CCCC[Si]12CCCCC[Si](C)(C)O2. The molecule has 2 aliphatic heterocycles. The molecule has 100 valence electrons. The lowest BCUT2D eigenvalue weighted by Crippen LogP contribution is -2.56. The van der Waals surface area contributed by atoms with Crippen LogP contribution in [0.4, 0.5) is 0 Å². The van der Waals surface area contributed by atoms with E-state index in [0.717, 1.165) is 0 Å². The number of rotatable bonds is 0. The van der Waals surface area contributed by atoms with Crippen LogP contribution in [-0.4, -0.2) is 16.6 Å². The molecule has 2 heterocycles. The maximum atomic E-state index is 7.00. The Morgan fingerprint density at radius 3 is 2.06 bits per heavy atom. The second-order valence-electron chi connectivity index (χ2n) is 7.51. The van der Waals surface area contributed by atoms with Gasteiger partial charge in [-0.2, -0.15) is 0 Å². The van der Waals surface area contributed by atoms with Crippen LogP contribution in [0.3, 0.4) is 0 Å². The summed E-state index contributed by atoms with van der Waals surface area (Å²) in [5.41, 5.74) is 0. The minimum atomic E-state index is -1.45. The van der Waals surface area contributed by atoms with E-state index in [1.807, 2.05) is 0 Å². The molecule has 1 atom stereocenters. The van der Waals surface area contributed by atoms with Gasteiger partial charge in [-0.25, -0.2) is 0 Å². The third-order valence-electron chi connectivity index (χ3n) is 5.20. The van der Waals surface area contributed by atoms with Crippen LogP contribution < -0.4 is 0 Å². The fraction of sp³-hybridized carbons (Fsp3) is 1.00. The molecule has 0 aromatic rings. The average molecular weight is 271 g/mol. The molecule has 0 bridgehead atoms. The van der Waals surface area contributed by atoms with E-state index in [0.29, 0.717) is 5.04 Å². The van der Waals surface area contributed by atoms with Gasteiger partial charge in [-0.05, 0) is 42.7 Å². The smallest absolute Gasteiger partial charge is 0.185 e. The van der Waals surface area contributed by atoms with Crippen molar-refractivity contribution in [3.05, 3.63) is 0 Å². The highest BCUT2D eigenvalue weighted by atomic mass is 28.4. The molecular formula is C14H30OSi2. The van der Waals surface area contributed by atoms with Crippen molar-refractivity contribution in [1.82, 2.24) is 0 Å². The first-order valence-corrected chi connectivity index (χ1v) is 13.0. The molecule has 1 nitrogen and oxygen atoms in total. The average Bonchev–Trinajstić information content (AvgIpc) is 2.18. The Balaban J connectivity index is 2.24. The Kier molecular flexibility index (Phi) is 3.92. The standard InChI is InChI=1S/C14H30OSi2/c1-14(2)10-6-9-13-17(14)12-8-5-7-11-16(3,4)15-17/h5-13H2,1-4H3. The number of hydrogen-bond donors (Lipinski definition) is 0. The molecule has 0 N–H and O–H groups in total. The lowest BCUT2D eigenvalue weighted by Gasteiger charge is -2.52. The van der Waals surface area contributed by atoms with Gasteiger partial charge in [0, 0.05) is 0 Å². The maximum Gasteiger partial charge on any atom is 0.185 e. The van der Waals surface area contributed by atoms with E-state index in [4.69, 9.17) is 4.12 Å². The van der Waals surface area contributed by atoms with Crippen molar-refractivity contribution in [2.45, 2.75) is 88.6 Å². The Labute approximate surface area is 110 Å². The molecule has 2 rings (SSSR count). The van der Waals surface area contributed by atoms with Crippen LogP contribution in [-0.2, 0) is 4.12 Å². The van der Waals surface area contributed by atoms with Gasteiger partial charge in [0.1, 0.15) is 0 Å². The second-order valence-corrected chi connectivity index (χ2v) is 16.7. The summed E-state index contributed by atoms with van der Waals surface area (Å²) in [6, 6.07) is 4.31. The molecule has 0 saturated carbocycles. The van der Waals surface area contributed by atoms with E-state index in [2.05, 4.69) is 26.9 Å². The highest BCUT2D eigenvalue weighted by Crippen LogP contribution is 2.53. The molecule has 0 aliphatic carbocycles. The van der Waals surface area contributed by atoms with Crippen LogP contribution in [0.15, 0.2) is 0 Å². The molecule has 2 saturated heterocycles. The maximum absolute atomic E-state index is 7.00. The van der Waals surface area contributed by atoms with E-state index in [1.54, 1.807) is 0 Å². The topological polar surface area (TPSA) is 9.23 Å². The minimum absolute atomic E-state index is 0.535. The molecular weight excluding hydrogens is 240 g/mol. The highest BCUT2D eigenvalue weighted by Gasteiger charge is 2.52. The molecule has 0 aromatic carbocycles. The predicted molar refractivity (Wildman–Crippen MR) is 80.5 cm³/mol. The molecule has 1 unspecified atom stereocenters. The minimum Gasteiger partial charge on any atom is -0.455 e. The first-order chi connectivity index (χ1) is 7.87. The fourth-order valence-electron chi connectivity index (χ4n) is 3.97. The molecule has 17 heavy (non-hydrogen) atoms. The summed E-state index contributed by atoms with van der Waals surface area (Å²) in [5.74, 6) is 0. The normalized spacial score (nSPS) is 37.4. The number of hydrogen-bond acceptors (Lipinski definition) is 1. The summed E-state index contributed by atoms with van der Waals surface area (Å²) in [4.78, 5) is 0. The molecule has 0 radical (unpaired) electrons. The lowest BCUT2D eigenvalue weighted by atomic mass is 10.0. The van der Waals surface area contributed by atoms with Crippen LogP contribution in [0.25, 0.3) is 0 Å². The Morgan fingerprint density at radius 1 is 0.824 bits per heavy atom. The van der Waals surface area contributed by atoms with E-state index >= 15 is 0 Å². The molecule has 2 aliphatic rings. The molecule has 0 aromatic heterocycles. The van der Waals surface area contributed by atoms with E-state index in [-0.39, 0.29) is 0 Å². The molecule has 3 heteroatoms. The summed E-state index contributed by atoms with van der Waals surface area (Å²) in [6.07, 6.45) is 8.63. The van der Waals surface area contributed by atoms with E-state index < -0.39 is 16.6 Å². The van der Waals surface area contributed by atoms with Crippen LogP contribution in [0.5, 0.6) is 0 Å². The van der Waals surface area contributed by atoms with Gasteiger partial charge in [-0.1, -0.05) is 46.0 Å². The van der Waals surface area contributed by atoms with Crippen molar-refractivity contribution < 1.29 is 4.12 Å². The Morgan fingerprint density at radius 2 is 1.41 bits per heavy atom. The van der Waals surface area contributed by atoms with Gasteiger partial charge in [-0.15, -0.1) is 0 Å². The largest absolute Gasteiger partial charge is 0.455 e. The zero-order valence-electron chi connectivity index (χ0n) is 12.3. The summed E-state index contributed by atoms with van der Waals surface area (Å²) < 4.78 is 7.00. The first kappa shape index (κ1) is 13.8. The third-order valence-corrected chi connectivity index (χ3v) is 15.6. The van der Waals surface area contributed by atoms with Crippen molar-refractivity contribution in [3.8, 4) is 0 Å². The van der Waals surface area contributed by atoms with Crippen LogP contribution >= 0.6 is 0 Å². The quantitative estimate of drug-likeness (QED) is 0.543. The summed E-state index contributed by atoms with van der Waals surface area (Å²) in [6.45, 7) is 9.98. The van der Waals surface area contributed by atoms with Crippen molar-refractivity contribution in [2.24, 2.45) is 0 Å². The lowest BCUT2D eigenvalue weighted by molar-refractivity contribution is 0.384. The first-order valence-electron chi connectivity index (χ1n) is 7.57. The van der Waals surface area contributed by atoms with Gasteiger partial charge in [0.05, 0.1) is 0 Å². The Hall–Kier alpha value is 0.394. The van der Waals surface area contributed by atoms with Crippen molar-refractivity contribution in [2.75, 3.05) is 0 Å². The van der Waals surface area contributed by atoms with Crippen molar-refractivity contribution in [3.63, 3.8) is 0 Å². The van der Waals surface area contributed by atoms with Crippen molar-refractivity contribution in [1.29, 1.82) is 0 Å². The third kappa shape index (κ3) is 2.87. The highest BCUT2D eigenvalue weighted by molar-refractivity contribution is 6.87. The molecule has 2 fully saturated rings. The zero-order chi connectivity index (χ0) is 12.6. The Bertz CT molecular complexity index is 275. The molecule has 1 spiro atoms. The van der Waals surface area contributed by atoms with Gasteiger partial charge in [0.15, 0.2) is 16.6 Å². The summed E-state index contributed by atoms with van der Waals surface area (Å²) in [7, 11) is -2.81. The van der Waals surface area contributed by atoms with Crippen LogP contribution in [0.1, 0.15) is 52.4 Å². The second kappa shape index (κ2) is 4.82. The summed E-state index contributed by atoms with van der Waals surface area (Å²) in [5, 5.41) is 0.535. The van der Waals surface area contributed by atoms with Gasteiger partial charge < -0.3 is 4.12 Å². The van der Waals surface area contributed by atoms with Crippen LogP contribution in [0, 0.1) is 0 Å². The van der Waals surface area contributed by atoms with E-state index in [1.165, 1.54) is 56.7 Å². The van der Waals surface area contributed by atoms with E-state index in [9.17, 15) is 0 Å². The van der Waals surface area contributed by atoms with Gasteiger partial charge in [0.2, 0.25) is 0 Å². The molecule has 0 amide bonds. The summed E-state index contributed by atoms with van der Waals surface area (Å²) >= 11 is 0. The fourth-order valence-corrected chi connectivity index (χ4v) is 15.5. The van der Waals surface area contributed by atoms with Gasteiger partial charge in [0.25, 0.3) is 0 Å². The van der Waals surface area contributed by atoms with Gasteiger partial charge >= 0.3 is 0 Å².